The first kappa shape index (κ1) is 15.8. The van der Waals surface area contributed by atoms with E-state index >= 15 is 0 Å². The Bertz CT molecular complexity index is 258. The van der Waals surface area contributed by atoms with Crippen LogP contribution in [0.3, 0.4) is 0 Å². The third-order valence-corrected chi connectivity index (χ3v) is 3.95. The second-order valence-electron chi connectivity index (χ2n) is 6.47. The van der Waals surface area contributed by atoms with Crippen molar-refractivity contribution in [2.45, 2.75) is 33.9 Å². The van der Waals surface area contributed by atoms with Crippen molar-refractivity contribution < 1.29 is 13.2 Å². The van der Waals surface area contributed by atoms with Crippen LogP contribution in [0, 0.1) is 17.3 Å². The second-order valence-corrected chi connectivity index (χ2v) is 6.47. The standard InChI is InChI=1S/C13H25F3N2/c1-10(12(2,3)4)8-18-6-5-17-7-11(9-18)13(14,15)16/h10-11,17H,5-9H2,1-4H3. The highest BCUT2D eigenvalue weighted by molar-refractivity contribution is 4.81. The number of rotatable bonds is 2. The first-order chi connectivity index (χ1) is 8.10. The monoisotopic (exact) mass is 266 g/mol. The highest BCUT2D eigenvalue weighted by Crippen LogP contribution is 2.30. The van der Waals surface area contributed by atoms with Crippen molar-refractivity contribution >= 4 is 0 Å². The Balaban J connectivity index is 2.60. The zero-order chi connectivity index (χ0) is 14.0. The number of halogens is 3. The molecule has 1 N–H and O–H groups in total. The maximum absolute atomic E-state index is 12.8. The number of alkyl halides is 3. The number of hydrogen-bond acceptors (Lipinski definition) is 2. The van der Waals surface area contributed by atoms with E-state index in [4.69, 9.17) is 0 Å². The van der Waals surface area contributed by atoms with Gasteiger partial charge in [-0.3, -0.25) is 0 Å². The Kier molecular flexibility index (Phi) is 5.06. The van der Waals surface area contributed by atoms with E-state index in [1.807, 2.05) is 4.90 Å². The van der Waals surface area contributed by atoms with Crippen LogP contribution in [0.25, 0.3) is 0 Å². The first-order valence-electron chi connectivity index (χ1n) is 6.60. The van der Waals surface area contributed by atoms with Crippen LogP contribution in [0.1, 0.15) is 27.7 Å². The van der Waals surface area contributed by atoms with Gasteiger partial charge in [0.2, 0.25) is 0 Å². The molecule has 0 bridgehead atoms. The summed E-state index contributed by atoms with van der Waals surface area (Å²) in [4.78, 5) is 1.95. The topological polar surface area (TPSA) is 15.3 Å². The van der Waals surface area contributed by atoms with E-state index in [-0.39, 0.29) is 18.5 Å². The van der Waals surface area contributed by atoms with Crippen molar-refractivity contribution in [1.82, 2.24) is 10.2 Å². The third-order valence-electron chi connectivity index (χ3n) is 3.95. The summed E-state index contributed by atoms with van der Waals surface area (Å²) in [7, 11) is 0. The molecule has 2 unspecified atom stereocenters. The minimum absolute atomic E-state index is 0.0455. The van der Waals surface area contributed by atoms with Crippen LogP contribution in [0.4, 0.5) is 13.2 Å². The molecule has 0 aromatic carbocycles. The molecule has 1 fully saturated rings. The van der Waals surface area contributed by atoms with Gasteiger partial charge in [-0.05, 0) is 11.3 Å². The number of nitrogens with one attached hydrogen (secondary N) is 1. The van der Waals surface area contributed by atoms with Gasteiger partial charge >= 0.3 is 6.18 Å². The molecule has 0 radical (unpaired) electrons. The van der Waals surface area contributed by atoms with Crippen LogP contribution in [-0.2, 0) is 0 Å². The molecule has 5 heteroatoms. The molecule has 0 aromatic heterocycles. The van der Waals surface area contributed by atoms with Gasteiger partial charge in [0.25, 0.3) is 0 Å². The predicted molar refractivity (Wildman–Crippen MR) is 67.5 cm³/mol. The Labute approximate surface area is 108 Å². The lowest BCUT2D eigenvalue weighted by Crippen LogP contribution is -2.41. The summed E-state index contributed by atoms with van der Waals surface area (Å²) in [5, 5.41) is 2.88. The first-order valence-corrected chi connectivity index (χ1v) is 6.60. The zero-order valence-electron chi connectivity index (χ0n) is 11.8. The molecule has 2 nitrogen and oxygen atoms in total. The highest BCUT2D eigenvalue weighted by atomic mass is 19.4. The lowest BCUT2D eigenvalue weighted by Gasteiger charge is -2.33. The summed E-state index contributed by atoms with van der Waals surface area (Å²) >= 11 is 0. The fourth-order valence-electron chi connectivity index (χ4n) is 2.03. The molecule has 18 heavy (non-hydrogen) atoms. The van der Waals surface area contributed by atoms with Gasteiger partial charge < -0.3 is 10.2 Å². The molecule has 1 rings (SSSR count). The Morgan fingerprint density at radius 3 is 2.39 bits per heavy atom. The summed E-state index contributed by atoms with van der Waals surface area (Å²) in [6.07, 6.45) is -4.10. The Hall–Kier alpha value is -0.290. The number of nitrogens with zero attached hydrogens (tertiary/aromatic N) is 1. The van der Waals surface area contributed by atoms with E-state index in [1.165, 1.54) is 0 Å². The average Bonchev–Trinajstić information content (AvgIpc) is 2.40. The summed E-state index contributed by atoms with van der Waals surface area (Å²) in [6, 6.07) is 0. The van der Waals surface area contributed by atoms with E-state index in [0.717, 1.165) is 6.54 Å². The highest BCUT2D eigenvalue weighted by Gasteiger charge is 2.41. The lowest BCUT2D eigenvalue weighted by molar-refractivity contribution is -0.176. The largest absolute Gasteiger partial charge is 0.394 e. The molecule has 1 heterocycles. The molecule has 1 saturated heterocycles. The van der Waals surface area contributed by atoms with Crippen molar-refractivity contribution in [1.29, 1.82) is 0 Å². The molecule has 0 spiro atoms. The summed E-state index contributed by atoms with van der Waals surface area (Å²) in [6.45, 7) is 10.8. The zero-order valence-corrected chi connectivity index (χ0v) is 11.8. The van der Waals surface area contributed by atoms with Gasteiger partial charge in [-0.1, -0.05) is 27.7 Å². The van der Waals surface area contributed by atoms with Crippen LogP contribution in [0.2, 0.25) is 0 Å². The summed E-state index contributed by atoms with van der Waals surface area (Å²) < 4.78 is 38.4. The molecular weight excluding hydrogens is 241 g/mol. The van der Waals surface area contributed by atoms with Crippen molar-refractivity contribution in [2.24, 2.45) is 17.3 Å². The van der Waals surface area contributed by atoms with Gasteiger partial charge in [-0.2, -0.15) is 13.2 Å². The molecule has 108 valence electrons. The molecule has 0 aromatic rings. The van der Waals surface area contributed by atoms with Crippen molar-refractivity contribution in [3.8, 4) is 0 Å². The van der Waals surface area contributed by atoms with E-state index < -0.39 is 12.1 Å². The fourth-order valence-corrected chi connectivity index (χ4v) is 2.03. The van der Waals surface area contributed by atoms with Crippen LogP contribution < -0.4 is 5.32 Å². The summed E-state index contributed by atoms with van der Waals surface area (Å²) in [5.41, 5.74) is 0.132. The van der Waals surface area contributed by atoms with E-state index in [2.05, 4.69) is 33.0 Å². The van der Waals surface area contributed by atoms with Crippen LogP contribution >= 0.6 is 0 Å². The molecule has 1 aliphatic heterocycles. The molecule has 1 aliphatic rings. The van der Waals surface area contributed by atoms with Crippen molar-refractivity contribution in [3.63, 3.8) is 0 Å². The van der Waals surface area contributed by atoms with E-state index in [0.29, 0.717) is 19.0 Å². The number of hydrogen-bond donors (Lipinski definition) is 1. The fraction of sp³-hybridized carbons (Fsp3) is 1.00. The molecule has 0 amide bonds. The van der Waals surface area contributed by atoms with Crippen molar-refractivity contribution in [2.75, 3.05) is 32.7 Å². The molecular formula is C13H25F3N2. The predicted octanol–water partition coefficient (Wildman–Crippen LogP) is 2.75. The summed E-state index contributed by atoms with van der Waals surface area (Å²) in [5.74, 6) is -0.864. The van der Waals surface area contributed by atoms with Gasteiger partial charge in [-0.25, -0.2) is 0 Å². The van der Waals surface area contributed by atoms with Gasteiger partial charge in [-0.15, -0.1) is 0 Å². The second kappa shape index (κ2) is 5.78. The maximum atomic E-state index is 12.8. The maximum Gasteiger partial charge on any atom is 0.394 e. The van der Waals surface area contributed by atoms with Gasteiger partial charge in [0.05, 0.1) is 5.92 Å². The Morgan fingerprint density at radius 2 is 1.89 bits per heavy atom. The minimum atomic E-state index is -4.10. The van der Waals surface area contributed by atoms with E-state index in [1.54, 1.807) is 0 Å². The van der Waals surface area contributed by atoms with Gasteiger partial charge in [0, 0.05) is 32.7 Å². The normalized spacial score (nSPS) is 25.8. The SMILES string of the molecule is CC(CN1CCNCC(C(F)(F)F)C1)C(C)(C)C. The average molecular weight is 266 g/mol. The molecule has 2 atom stereocenters. The lowest BCUT2D eigenvalue weighted by atomic mass is 9.81. The van der Waals surface area contributed by atoms with Gasteiger partial charge in [0.1, 0.15) is 0 Å². The van der Waals surface area contributed by atoms with Gasteiger partial charge in [0.15, 0.2) is 0 Å². The van der Waals surface area contributed by atoms with Crippen LogP contribution in [0.15, 0.2) is 0 Å². The minimum Gasteiger partial charge on any atom is -0.315 e. The molecule has 0 aliphatic carbocycles. The van der Waals surface area contributed by atoms with Crippen LogP contribution in [0.5, 0.6) is 0 Å². The van der Waals surface area contributed by atoms with Crippen molar-refractivity contribution in [3.05, 3.63) is 0 Å². The van der Waals surface area contributed by atoms with E-state index in [9.17, 15) is 13.2 Å². The molecule has 0 saturated carbocycles. The Morgan fingerprint density at radius 1 is 1.28 bits per heavy atom. The quantitative estimate of drug-likeness (QED) is 0.827. The smallest absolute Gasteiger partial charge is 0.315 e. The third kappa shape index (κ3) is 4.76. The van der Waals surface area contributed by atoms with Crippen LogP contribution in [-0.4, -0.2) is 43.8 Å².